The summed E-state index contributed by atoms with van der Waals surface area (Å²) in [5, 5.41) is 29.4. The Labute approximate surface area is 262 Å². The number of aromatic nitrogens is 3. The number of fused-ring (bicyclic) bond motifs is 1. The average Bonchev–Trinajstić information content (AvgIpc) is 3.47. The van der Waals surface area contributed by atoms with Crippen LogP contribution in [-0.2, 0) is 5.41 Å². The Balaban J connectivity index is 1.15. The minimum Gasteiger partial charge on any atom is -0.394 e. The van der Waals surface area contributed by atoms with Crippen LogP contribution in [0.15, 0.2) is 66.9 Å². The van der Waals surface area contributed by atoms with Gasteiger partial charge in [0.25, 0.3) is 5.91 Å². The number of carbonyl (C=O) groups excluding carboxylic acids is 1. The Bertz CT molecular complexity index is 1580. The maximum Gasteiger partial charge on any atom is 0.253 e. The monoisotopic (exact) mass is 617 g/mol. The lowest BCUT2D eigenvalue weighted by molar-refractivity contribution is 0.0149. The van der Waals surface area contributed by atoms with Crippen molar-refractivity contribution in [3.63, 3.8) is 0 Å². The number of nitrogens with one attached hydrogen (secondary N) is 1. The number of carbonyl (C=O) groups is 1. The molecule has 2 aliphatic rings. The first-order chi connectivity index (χ1) is 21.3. The molecule has 1 amide bonds. The lowest BCUT2D eigenvalue weighted by Crippen LogP contribution is -2.50. The number of likely N-dealkylation sites (tertiary alicyclic amines) is 1. The van der Waals surface area contributed by atoms with Crippen LogP contribution in [0.1, 0.15) is 41.6 Å². The van der Waals surface area contributed by atoms with Crippen molar-refractivity contribution in [2.75, 3.05) is 57.1 Å². The maximum absolute atomic E-state index is 13.1. The molecule has 0 spiro atoms. The van der Waals surface area contributed by atoms with E-state index >= 15 is 0 Å². The zero-order chi connectivity index (χ0) is 30.8. The van der Waals surface area contributed by atoms with Gasteiger partial charge in [-0.25, -0.2) is 4.52 Å². The fourth-order valence-electron chi connectivity index (χ4n) is 6.69. The molecule has 0 aliphatic carbocycles. The van der Waals surface area contributed by atoms with Gasteiger partial charge in [-0.15, -0.1) is 5.10 Å². The van der Waals surface area contributed by atoms with Crippen molar-refractivity contribution < 1.29 is 15.0 Å². The number of piperidine rings is 2. The molecule has 44 heavy (non-hydrogen) atoms. The van der Waals surface area contributed by atoms with Crippen molar-refractivity contribution in [2.24, 2.45) is 0 Å². The van der Waals surface area contributed by atoms with Gasteiger partial charge in [-0.1, -0.05) is 23.7 Å². The van der Waals surface area contributed by atoms with Gasteiger partial charge in [0.2, 0.25) is 5.95 Å². The van der Waals surface area contributed by atoms with Gasteiger partial charge < -0.3 is 30.2 Å². The second-order valence-electron chi connectivity index (χ2n) is 12.1. The Hall–Kier alpha value is -3.70. The minimum absolute atomic E-state index is 0.0368. The van der Waals surface area contributed by atoms with E-state index in [1.165, 1.54) is 0 Å². The van der Waals surface area contributed by atoms with Crippen LogP contribution in [0.25, 0.3) is 5.65 Å². The second kappa shape index (κ2) is 12.7. The average molecular weight is 618 g/mol. The highest BCUT2D eigenvalue weighted by molar-refractivity contribution is 6.30. The van der Waals surface area contributed by atoms with Crippen LogP contribution in [0.5, 0.6) is 0 Å². The smallest absolute Gasteiger partial charge is 0.253 e. The first kappa shape index (κ1) is 30.3. The van der Waals surface area contributed by atoms with Crippen LogP contribution in [-0.4, -0.2) is 99.5 Å². The number of halogens is 1. The topological polar surface area (TPSA) is 109 Å². The molecule has 232 valence electrons. The number of rotatable bonds is 8. The van der Waals surface area contributed by atoms with E-state index in [4.69, 9.17) is 16.6 Å². The molecule has 10 nitrogen and oxygen atoms in total. The zero-order valence-corrected chi connectivity index (χ0v) is 26.0. The van der Waals surface area contributed by atoms with Crippen LogP contribution < -0.4 is 10.2 Å². The van der Waals surface area contributed by atoms with Gasteiger partial charge in [-0.3, -0.25) is 4.79 Å². The molecule has 2 fully saturated rings. The number of pyridine rings is 1. The summed E-state index contributed by atoms with van der Waals surface area (Å²) in [5.41, 5.74) is 3.56. The first-order valence-electron chi connectivity index (χ1n) is 15.3. The normalized spacial score (nSPS) is 18.3. The summed E-state index contributed by atoms with van der Waals surface area (Å²) < 4.78 is 1.76. The van der Waals surface area contributed by atoms with E-state index in [1.807, 2.05) is 78.8 Å². The molecule has 6 rings (SSSR count). The number of hydrogen-bond donors (Lipinski definition) is 3. The van der Waals surface area contributed by atoms with Crippen LogP contribution in [0, 0.1) is 0 Å². The fourth-order valence-corrected chi connectivity index (χ4v) is 6.81. The molecule has 2 saturated heterocycles. The number of hydrogen-bond acceptors (Lipinski definition) is 8. The third kappa shape index (κ3) is 5.99. The van der Waals surface area contributed by atoms with E-state index in [0.717, 1.165) is 48.5 Å². The van der Waals surface area contributed by atoms with Crippen molar-refractivity contribution in [1.82, 2.24) is 24.4 Å². The van der Waals surface area contributed by atoms with Crippen molar-refractivity contribution in [3.8, 4) is 0 Å². The highest BCUT2D eigenvalue weighted by atomic mass is 35.5. The van der Waals surface area contributed by atoms with Gasteiger partial charge in [0, 0.05) is 54.1 Å². The van der Waals surface area contributed by atoms with Gasteiger partial charge in [0.15, 0.2) is 5.65 Å². The number of aliphatic hydroxyl groups excluding tert-OH is 2. The summed E-state index contributed by atoms with van der Waals surface area (Å²) in [4.78, 5) is 24.4. The number of aliphatic hydroxyl groups is 2. The van der Waals surface area contributed by atoms with E-state index in [-0.39, 0.29) is 18.6 Å². The van der Waals surface area contributed by atoms with E-state index < -0.39 is 11.5 Å². The summed E-state index contributed by atoms with van der Waals surface area (Å²) >= 11 is 6.13. The molecule has 4 aromatic rings. The van der Waals surface area contributed by atoms with Crippen LogP contribution in [0.3, 0.4) is 0 Å². The Morgan fingerprint density at radius 2 is 1.75 bits per heavy atom. The molecule has 3 N–H and O–H groups in total. The van der Waals surface area contributed by atoms with Crippen molar-refractivity contribution in [1.29, 1.82) is 0 Å². The molecule has 2 aromatic heterocycles. The molecule has 1 atom stereocenters. The molecule has 4 heterocycles. The molecular formula is C33H40ClN7O3. The van der Waals surface area contributed by atoms with Gasteiger partial charge in [0.05, 0.1) is 18.4 Å². The van der Waals surface area contributed by atoms with Gasteiger partial charge in [0.1, 0.15) is 0 Å². The Morgan fingerprint density at radius 1 is 1.07 bits per heavy atom. The molecule has 0 bridgehead atoms. The highest BCUT2D eigenvalue weighted by Gasteiger charge is 2.42. The third-order valence-electron chi connectivity index (χ3n) is 9.51. The van der Waals surface area contributed by atoms with E-state index in [1.54, 1.807) is 4.52 Å². The lowest BCUT2D eigenvalue weighted by Gasteiger charge is -2.45. The number of anilines is 3. The van der Waals surface area contributed by atoms with Crippen LogP contribution >= 0.6 is 11.6 Å². The summed E-state index contributed by atoms with van der Waals surface area (Å²) in [7, 11) is 4.02. The predicted molar refractivity (Wildman–Crippen MR) is 173 cm³/mol. The zero-order valence-electron chi connectivity index (χ0n) is 25.2. The standard InChI is InChI=1S/C33H40ClN7O3/c1-38-18-13-27(14-19-38)39(2)31(44)23-5-11-26(12-6-23)35-32-36-30-28(4-3-17-41(30)37-32)40-20-15-33(16-21-40,29(43)22-42)24-7-9-25(34)10-8-24/h3-12,17,27,29,42-43H,13-16,18-22H2,1-2H3,(H,35,37). The molecular weight excluding hydrogens is 578 g/mol. The highest BCUT2D eigenvalue weighted by Crippen LogP contribution is 2.41. The molecule has 2 aromatic carbocycles. The molecule has 1 unspecified atom stereocenters. The fraction of sp³-hybridized carbons (Fsp3) is 0.424. The summed E-state index contributed by atoms with van der Waals surface area (Å²) in [6, 6.07) is 19.3. The molecule has 0 radical (unpaired) electrons. The summed E-state index contributed by atoms with van der Waals surface area (Å²) in [6.45, 7) is 3.07. The van der Waals surface area contributed by atoms with E-state index in [9.17, 15) is 15.0 Å². The largest absolute Gasteiger partial charge is 0.394 e. The van der Waals surface area contributed by atoms with Crippen LogP contribution in [0.2, 0.25) is 5.02 Å². The molecule has 0 saturated carbocycles. The Morgan fingerprint density at radius 3 is 2.41 bits per heavy atom. The quantitative estimate of drug-likeness (QED) is 0.270. The summed E-state index contributed by atoms with van der Waals surface area (Å²) in [6.07, 6.45) is 4.30. The third-order valence-corrected chi connectivity index (χ3v) is 9.76. The first-order valence-corrected chi connectivity index (χ1v) is 15.6. The lowest BCUT2D eigenvalue weighted by atomic mass is 9.69. The van der Waals surface area contributed by atoms with Gasteiger partial charge in [-0.2, -0.15) is 4.98 Å². The predicted octanol–water partition coefficient (Wildman–Crippen LogP) is 4.18. The van der Waals surface area contributed by atoms with Gasteiger partial charge in [-0.05, 0) is 99.9 Å². The van der Waals surface area contributed by atoms with Gasteiger partial charge >= 0.3 is 0 Å². The number of benzene rings is 2. The minimum atomic E-state index is -0.873. The van der Waals surface area contributed by atoms with Crippen LogP contribution in [0.4, 0.5) is 17.3 Å². The SMILES string of the molecule is CN1CCC(N(C)C(=O)c2ccc(Nc3nc4c(N5CCC(c6ccc(Cl)cc6)(C(O)CO)CC5)cccn4n3)cc2)CC1. The second-order valence-corrected chi connectivity index (χ2v) is 12.5. The van der Waals surface area contributed by atoms with E-state index in [2.05, 4.69) is 27.3 Å². The van der Waals surface area contributed by atoms with Crippen molar-refractivity contribution in [3.05, 3.63) is 83.0 Å². The number of amides is 1. The summed E-state index contributed by atoms with van der Waals surface area (Å²) in [5.74, 6) is 0.498. The maximum atomic E-state index is 13.1. The molecule has 2 aliphatic heterocycles. The molecule has 11 heteroatoms. The van der Waals surface area contributed by atoms with Crippen molar-refractivity contribution in [2.45, 2.75) is 43.2 Å². The Kier molecular flexibility index (Phi) is 8.77. The number of nitrogens with zero attached hydrogens (tertiary/aromatic N) is 6. The van der Waals surface area contributed by atoms with Crippen molar-refractivity contribution >= 4 is 40.5 Å². The van der Waals surface area contributed by atoms with E-state index in [0.29, 0.717) is 42.5 Å².